The predicted octanol–water partition coefficient (Wildman–Crippen LogP) is -2.08. The molecule has 2 saturated heterocycles. The van der Waals surface area contributed by atoms with Crippen molar-refractivity contribution in [2.45, 2.75) is 84.9 Å². The molecule has 0 saturated carbocycles. The summed E-state index contributed by atoms with van der Waals surface area (Å²) < 4.78 is 19.8. The summed E-state index contributed by atoms with van der Waals surface area (Å²) in [5, 5.41) is 62.4. The Labute approximate surface area is 205 Å². The van der Waals surface area contributed by atoms with Gasteiger partial charge < -0.3 is 54.9 Å². The second kappa shape index (κ2) is 12.8. The highest BCUT2D eigenvalue weighted by Gasteiger charge is 2.52. The van der Waals surface area contributed by atoms with Gasteiger partial charge in [-0.2, -0.15) is 0 Å². The third kappa shape index (κ3) is 7.23. The van der Waals surface area contributed by atoms with E-state index in [0.29, 0.717) is 6.42 Å². The molecule has 12 nitrogen and oxygen atoms in total. The van der Waals surface area contributed by atoms with Crippen molar-refractivity contribution < 1.29 is 54.4 Å². The lowest BCUT2D eigenvalue weighted by molar-refractivity contribution is -0.344. The highest BCUT2D eigenvalue weighted by atomic mass is 35.6. The van der Waals surface area contributed by atoms with Crippen molar-refractivity contribution >= 4 is 40.7 Å². The molecule has 0 spiro atoms. The fraction of sp³-hybridized carbons (Fsp3) is 0.944. The van der Waals surface area contributed by atoms with E-state index in [9.17, 15) is 35.4 Å². The Balaban J connectivity index is 2.33. The van der Waals surface area contributed by atoms with Gasteiger partial charge in [-0.3, -0.25) is 4.79 Å². The van der Waals surface area contributed by atoms with Gasteiger partial charge in [-0.1, -0.05) is 48.1 Å². The first-order valence-corrected chi connectivity index (χ1v) is 11.5. The molecule has 0 aromatic rings. The fourth-order valence-corrected chi connectivity index (χ4v) is 3.60. The van der Waals surface area contributed by atoms with Crippen LogP contribution < -0.4 is 5.32 Å². The lowest BCUT2D eigenvalue weighted by atomic mass is 9.95. The Morgan fingerprint density at radius 2 is 1.52 bits per heavy atom. The SMILES string of the molecule is CCCCO[C@H]1OC(CO)[C@@H](O)[C@H](O[C@@H]2OC(CO)[C@H](O)C(O)[C@@H]2O)C1NC(=O)C(Cl)(Cl)Cl. The van der Waals surface area contributed by atoms with Gasteiger partial charge in [0.15, 0.2) is 12.6 Å². The number of aliphatic hydroxyl groups excluding tert-OH is 6. The van der Waals surface area contributed by atoms with Crippen LogP contribution in [0.2, 0.25) is 0 Å². The predicted molar refractivity (Wildman–Crippen MR) is 113 cm³/mol. The van der Waals surface area contributed by atoms with Gasteiger partial charge in [-0.05, 0) is 6.42 Å². The first-order valence-electron chi connectivity index (χ1n) is 10.4. The van der Waals surface area contributed by atoms with Crippen LogP contribution in [-0.4, -0.2) is 122 Å². The smallest absolute Gasteiger partial charge is 0.272 e. The maximum Gasteiger partial charge on any atom is 0.272 e. The largest absolute Gasteiger partial charge is 0.394 e. The molecule has 1 amide bonds. The zero-order chi connectivity index (χ0) is 24.9. The zero-order valence-corrected chi connectivity index (χ0v) is 19.9. The van der Waals surface area contributed by atoms with Gasteiger partial charge in [0.05, 0.1) is 13.2 Å². The molecule has 2 aliphatic rings. The standard InChI is InChI=1S/C18H30Cl3NO11/c1-2-3-4-30-15-9(22-17(29)18(19,20)21)14(11(26)8(6-24)31-15)33-16-13(28)12(27)10(25)7(5-23)32-16/h7-16,23-28H,2-6H2,1H3,(H,22,29)/t7?,8?,9?,10-,11+,12?,13-,14+,15-,16-/m0/s1. The van der Waals surface area contributed by atoms with Crippen LogP contribution in [0.5, 0.6) is 0 Å². The molecule has 33 heavy (non-hydrogen) atoms. The number of alkyl halides is 3. The number of aliphatic hydroxyl groups is 6. The van der Waals surface area contributed by atoms with E-state index >= 15 is 0 Å². The summed E-state index contributed by atoms with van der Waals surface area (Å²) in [6, 6.07) is -1.32. The summed E-state index contributed by atoms with van der Waals surface area (Å²) in [5.74, 6) is -1.10. The quantitative estimate of drug-likeness (QED) is 0.125. The molecule has 0 aromatic heterocycles. The lowest BCUT2D eigenvalue weighted by Crippen LogP contribution is -2.68. The Morgan fingerprint density at radius 3 is 2.06 bits per heavy atom. The maximum atomic E-state index is 12.4. The van der Waals surface area contributed by atoms with Crippen molar-refractivity contribution in [2.75, 3.05) is 19.8 Å². The van der Waals surface area contributed by atoms with Crippen molar-refractivity contribution in [1.82, 2.24) is 5.32 Å². The molecule has 7 N–H and O–H groups in total. The van der Waals surface area contributed by atoms with Crippen LogP contribution in [0.3, 0.4) is 0 Å². The monoisotopic (exact) mass is 541 g/mol. The molecule has 2 aliphatic heterocycles. The van der Waals surface area contributed by atoms with E-state index in [4.69, 9.17) is 53.8 Å². The molecule has 4 unspecified atom stereocenters. The molecule has 2 heterocycles. The van der Waals surface area contributed by atoms with Crippen LogP contribution in [0.15, 0.2) is 0 Å². The topological polar surface area (TPSA) is 187 Å². The number of hydrogen-bond donors (Lipinski definition) is 7. The maximum absolute atomic E-state index is 12.4. The fourth-order valence-electron chi connectivity index (χ4n) is 3.44. The third-order valence-electron chi connectivity index (χ3n) is 5.33. The van der Waals surface area contributed by atoms with Crippen molar-refractivity contribution in [3.8, 4) is 0 Å². The lowest BCUT2D eigenvalue weighted by Gasteiger charge is -2.47. The number of carbonyl (C=O) groups excluding carboxylic acids is 1. The molecule has 2 fully saturated rings. The van der Waals surface area contributed by atoms with Crippen molar-refractivity contribution in [3.05, 3.63) is 0 Å². The number of unbranched alkanes of at least 4 members (excludes halogenated alkanes) is 1. The van der Waals surface area contributed by atoms with Gasteiger partial charge in [-0.15, -0.1) is 0 Å². The Morgan fingerprint density at radius 1 is 0.939 bits per heavy atom. The summed E-state index contributed by atoms with van der Waals surface area (Å²) >= 11 is 16.9. The molecule has 10 atom stereocenters. The molecule has 2 rings (SSSR count). The number of amides is 1. The third-order valence-corrected chi connectivity index (χ3v) is 5.84. The number of carbonyl (C=O) groups is 1. The first-order chi connectivity index (χ1) is 15.5. The van der Waals surface area contributed by atoms with Gasteiger partial charge in [-0.25, -0.2) is 0 Å². The summed E-state index contributed by atoms with van der Waals surface area (Å²) in [5.41, 5.74) is 0. The molecular weight excluding hydrogens is 513 g/mol. The van der Waals surface area contributed by atoms with E-state index in [1.54, 1.807) is 0 Å². The van der Waals surface area contributed by atoms with Crippen LogP contribution in [0.25, 0.3) is 0 Å². The molecule has 15 heteroatoms. The summed E-state index contributed by atoms with van der Waals surface area (Å²) in [4.78, 5) is 12.4. The Hall–Kier alpha value is -0.0600. The van der Waals surface area contributed by atoms with Gasteiger partial charge in [0.1, 0.15) is 48.8 Å². The summed E-state index contributed by atoms with van der Waals surface area (Å²) in [6.45, 7) is 0.728. The Bertz CT molecular complexity index is 626. The van der Waals surface area contributed by atoms with E-state index in [1.165, 1.54) is 0 Å². The second-order valence-electron chi connectivity index (χ2n) is 7.74. The van der Waals surface area contributed by atoms with Gasteiger partial charge in [0.2, 0.25) is 0 Å². The number of halogens is 3. The van der Waals surface area contributed by atoms with Crippen LogP contribution in [-0.2, 0) is 23.7 Å². The first kappa shape index (κ1) is 29.2. The van der Waals surface area contributed by atoms with E-state index in [2.05, 4.69) is 5.32 Å². The van der Waals surface area contributed by atoms with Crippen LogP contribution in [0.1, 0.15) is 19.8 Å². The highest BCUT2D eigenvalue weighted by Crippen LogP contribution is 2.32. The molecule has 0 aliphatic carbocycles. The second-order valence-corrected chi connectivity index (χ2v) is 10.0. The number of ether oxygens (including phenoxy) is 4. The van der Waals surface area contributed by atoms with E-state index in [1.807, 2.05) is 6.92 Å². The van der Waals surface area contributed by atoms with E-state index < -0.39 is 84.3 Å². The minimum absolute atomic E-state index is 0.183. The molecule has 194 valence electrons. The van der Waals surface area contributed by atoms with Crippen molar-refractivity contribution in [1.29, 1.82) is 0 Å². The number of nitrogens with one attached hydrogen (secondary N) is 1. The zero-order valence-electron chi connectivity index (χ0n) is 17.7. The normalized spacial score (nSPS) is 39.9. The molecule has 0 aromatic carbocycles. The molecule has 0 radical (unpaired) electrons. The average molecular weight is 543 g/mol. The van der Waals surface area contributed by atoms with Crippen LogP contribution in [0.4, 0.5) is 0 Å². The number of hydrogen-bond acceptors (Lipinski definition) is 11. The molecular formula is C18H30Cl3NO11. The minimum atomic E-state index is -2.39. The summed E-state index contributed by atoms with van der Waals surface area (Å²) in [6.07, 6.45) is -12.3. The van der Waals surface area contributed by atoms with Crippen molar-refractivity contribution in [3.63, 3.8) is 0 Å². The average Bonchev–Trinajstić information content (AvgIpc) is 2.76. The van der Waals surface area contributed by atoms with Crippen LogP contribution >= 0.6 is 34.8 Å². The molecule has 0 bridgehead atoms. The highest BCUT2D eigenvalue weighted by molar-refractivity contribution is 6.76. The minimum Gasteiger partial charge on any atom is -0.394 e. The van der Waals surface area contributed by atoms with Gasteiger partial charge in [0.25, 0.3) is 9.70 Å². The van der Waals surface area contributed by atoms with Gasteiger partial charge in [0, 0.05) is 6.61 Å². The Kier molecular flexibility index (Phi) is 11.3. The van der Waals surface area contributed by atoms with Gasteiger partial charge >= 0.3 is 0 Å². The van der Waals surface area contributed by atoms with Crippen molar-refractivity contribution in [2.24, 2.45) is 0 Å². The van der Waals surface area contributed by atoms with E-state index in [-0.39, 0.29) is 6.61 Å². The summed E-state index contributed by atoms with van der Waals surface area (Å²) in [7, 11) is 0. The van der Waals surface area contributed by atoms with E-state index in [0.717, 1.165) is 6.42 Å². The van der Waals surface area contributed by atoms with Crippen LogP contribution in [0, 0.1) is 0 Å². The number of rotatable bonds is 9.